The molecule has 0 saturated heterocycles. The molecule has 1 amide bonds. The minimum absolute atomic E-state index is 0.0303. The Bertz CT molecular complexity index is 815. The molecule has 0 aromatic heterocycles. The number of aliphatic hydroxyl groups excluding tert-OH is 1. The monoisotopic (exact) mass is 384 g/mol. The summed E-state index contributed by atoms with van der Waals surface area (Å²) >= 11 is 0. The molecule has 0 aliphatic heterocycles. The number of ketones is 1. The molecule has 0 fully saturated rings. The van der Waals surface area contributed by atoms with Gasteiger partial charge < -0.3 is 10.4 Å². The first-order valence-corrected chi connectivity index (χ1v) is 9.05. The van der Waals surface area contributed by atoms with Gasteiger partial charge in [0.25, 0.3) is 0 Å². The highest BCUT2D eigenvalue weighted by Crippen LogP contribution is 2.13. The summed E-state index contributed by atoms with van der Waals surface area (Å²) in [5.41, 5.74) is 1.92. The lowest BCUT2D eigenvalue weighted by Crippen LogP contribution is -2.47. The molecule has 2 unspecified atom stereocenters. The number of aliphatic hydroxyl groups is 1. The van der Waals surface area contributed by atoms with Crippen LogP contribution in [0.1, 0.15) is 42.3 Å². The zero-order valence-electron chi connectivity index (χ0n) is 16.0. The molecule has 0 aliphatic rings. The van der Waals surface area contributed by atoms with Crippen molar-refractivity contribution in [3.63, 3.8) is 0 Å². The third-order valence-electron chi connectivity index (χ3n) is 4.03. The fraction of sp³-hybridized carbons (Fsp3) is 0.273. The Morgan fingerprint density at radius 2 is 1.71 bits per heavy atom. The summed E-state index contributed by atoms with van der Waals surface area (Å²) in [6.07, 6.45) is -0.0956. The highest BCUT2D eigenvalue weighted by Gasteiger charge is 2.18. The lowest BCUT2D eigenvalue weighted by molar-refractivity contribution is -0.117. The SMILES string of the molecule is CC(C)=CC(=O)NC(CC(=O)c1ccccc1)NCC(O)c1ccc(F)cc1. The van der Waals surface area contributed by atoms with E-state index in [1.54, 1.807) is 38.1 Å². The minimum atomic E-state index is -0.907. The highest BCUT2D eigenvalue weighted by atomic mass is 19.1. The van der Waals surface area contributed by atoms with Crippen molar-refractivity contribution < 1.29 is 19.1 Å². The van der Waals surface area contributed by atoms with Crippen LogP contribution in [0.5, 0.6) is 0 Å². The van der Waals surface area contributed by atoms with Gasteiger partial charge in [0, 0.05) is 24.6 Å². The fourth-order valence-corrected chi connectivity index (χ4v) is 2.63. The van der Waals surface area contributed by atoms with Crippen LogP contribution in [0, 0.1) is 5.82 Å². The molecule has 0 bridgehead atoms. The molecule has 0 heterocycles. The number of halogens is 1. The second kappa shape index (κ2) is 10.5. The minimum Gasteiger partial charge on any atom is -0.387 e. The van der Waals surface area contributed by atoms with E-state index in [1.807, 2.05) is 6.07 Å². The largest absolute Gasteiger partial charge is 0.387 e. The molecule has 28 heavy (non-hydrogen) atoms. The van der Waals surface area contributed by atoms with Crippen molar-refractivity contribution in [3.05, 3.63) is 83.2 Å². The molecule has 2 aromatic carbocycles. The number of allylic oxidation sites excluding steroid dienone is 1. The Morgan fingerprint density at radius 1 is 1.07 bits per heavy atom. The topological polar surface area (TPSA) is 78.4 Å². The third-order valence-corrected chi connectivity index (χ3v) is 4.03. The Morgan fingerprint density at radius 3 is 2.32 bits per heavy atom. The van der Waals surface area contributed by atoms with Crippen LogP contribution >= 0.6 is 0 Å². The molecule has 3 N–H and O–H groups in total. The van der Waals surface area contributed by atoms with Crippen LogP contribution in [-0.4, -0.2) is 29.5 Å². The van der Waals surface area contributed by atoms with Crippen LogP contribution < -0.4 is 10.6 Å². The van der Waals surface area contributed by atoms with E-state index in [4.69, 9.17) is 0 Å². The Balaban J connectivity index is 2.04. The van der Waals surface area contributed by atoms with Crippen LogP contribution in [0.25, 0.3) is 0 Å². The van der Waals surface area contributed by atoms with Crippen LogP contribution in [0.4, 0.5) is 4.39 Å². The molecule has 0 spiro atoms. The van der Waals surface area contributed by atoms with Gasteiger partial charge in [-0.15, -0.1) is 0 Å². The van der Waals surface area contributed by atoms with Gasteiger partial charge in [-0.25, -0.2) is 4.39 Å². The zero-order chi connectivity index (χ0) is 20.5. The number of carbonyl (C=O) groups excluding carboxylic acids is 2. The number of amides is 1. The number of nitrogens with one attached hydrogen (secondary N) is 2. The maximum absolute atomic E-state index is 13.0. The normalized spacial score (nSPS) is 12.7. The van der Waals surface area contributed by atoms with Gasteiger partial charge in [-0.05, 0) is 31.5 Å². The van der Waals surface area contributed by atoms with Crippen molar-refractivity contribution in [2.45, 2.75) is 32.5 Å². The predicted molar refractivity (Wildman–Crippen MR) is 106 cm³/mol. The molecule has 148 valence electrons. The van der Waals surface area contributed by atoms with Gasteiger partial charge in [0.2, 0.25) is 5.91 Å². The van der Waals surface area contributed by atoms with E-state index in [0.29, 0.717) is 11.1 Å². The van der Waals surface area contributed by atoms with Crippen LogP contribution in [0.15, 0.2) is 66.2 Å². The van der Waals surface area contributed by atoms with E-state index in [1.165, 1.54) is 30.3 Å². The van der Waals surface area contributed by atoms with E-state index in [2.05, 4.69) is 10.6 Å². The summed E-state index contributed by atoms with van der Waals surface area (Å²) in [5.74, 6) is -0.842. The molecular formula is C22H25FN2O3. The second-order valence-electron chi connectivity index (χ2n) is 6.75. The van der Waals surface area contributed by atoms with E-state index in [-0.39, 0.29) is 30.5 Å². The van der Waals surface area contributed by atoms with Gasteiger partial charge in [0.15, 0.2) is 5.78 Å². The molecule has 6 heteroatoms. The number of hydrogen-bond acceptors (Lipinski definition) is 4. The Kier molecular flexibility index (Phi) is 8.04. The highest BCUT2D eigenvalue weighted by molar-refractivity contribution is 5.97. The van der Waals surface area contributed by atoms with Gasteiger partial charge in [-0.1, -0.05) is 48.0 Å². The zero-order valence-corrected chi connectivity index (χ0v) is 16.0. The van der Waals surface area contributed by atoms with Crippen molar-refractivity contribution in [3.8, 4) is 0 Å². The summed E-state index contributed by atoms with van der Waals surface area (Å²) in [6, 6.07) is 14.3. The number of benzene rings is 2. The van der Waals surface area contributed by atoms with Crippen LogP contribution in [-0.2, 0) is 4.79 Å². The molecule has 0 saturated carbocycles. The van der Waals surface area contributed by atoms with Gasteiger partial charge >= 0.3 is 0 Å². The standard InChI is InChI=1S/C22H25FN2O3/c1-15(2)12-22(28)25-21(13-19(26)16-6-4-3-5-7-16)24-14-20(27)17-8-10-18(23)11-9-17/h3-12,20-21,24,27H,13-14H2,1-2H3,(H,25,28). The van der Waals surface area contributed by atoms with Crippen molar-refractivity contribution in [1.29, 1.82) is 0 Å². The molecule has 0 radical (unpaired) electrons. The number of carbonyl (C=O) groups is 2. The van der Waals surface area contributed by atoms with Gasteiger partial charge in [-0.3, -0.25) is 14.9 Å². The molecule has 2 atom stereocenters. The summed E-state index contributed by atoms with van der Waals surface area (Å²) in [7, 11) is 0. The lowest BCUT2D eigenvalue weighted by atomic mass is 10.1. The van der Waals surface area contributed by atoms with E-state index in [9.17, 15) is 19.1 Å². The first-order valence-electron chi connectivity index (χ1n) is 9.05. The summed E-state index contributed by atoms with van der Waals surface area (Å²) in [4.78, 5) is 24.6. The van der Waals surface area contributed by atoms with E-state index >= 15 is 0 Å². The first-order chi connectivity index (χ1) is 13.3. The maximum atomic E-state index is 13.0. The first kappa shape index (κ1) is 21.5. The van der Waals surface area contributed by atoms with Crippen molar-refractivity contribution >= 4 is 11.7 Å². The van der Waals surface area contributed by atoms with Gasteiger partial charge in [0.05, 0.1) is 12.3 Å². The second-order valence-corrected chi connectivity index (χ2v) is 6.75. The summed E-state index contributed by atoms with van der Waals surface area (Å²) < 4.78 is 13.0. The van der Waals surface area contributed by atoms with E-state index in [0.717, 1.165) is 5.57 Å². The van der Waals surface area contributed by atoms with Gasteiger partial charge in [-0.2, -0.15) is 0 Å². The van der Waals surface area contributed by atoms with Crippen molar-refractivity contribution in [1.82, 2.24) is 10.6 Å². The average Bonchev–Trinajstić information content (AvgIpc) is 2.66. The summed E-state index contributed by atoms with van der Waals surface area (Å²) in [6.45, 7) is 3.69. The molecule has 2 aromatic rings. The molecule has 5 nitrogen and oxygen atoms in total. The molecule has 2 rings (SSSR count). The molecule has 0 aliphatic carbocycles. The van der Waals surface area contributed by atoms with Crippen LogP contribution in [0.3, 0.4) is 0 Å². The van der Waals surface area contributed by atoms with Crippen molar-refractivity contribution in [2.75, 3.05) is 6.54 Å². The van der Waals surface area contributed by atoms with Crippen LogP contribution in [0.2, 0.25) is 0 Å². The maximum Gasteiger partial charge on any atom is 0.245 e. The number of Topliss-reactive ketones (excluding diaryl/α,β-unsaturated/α-hetero) is 1. The lowest BCUT2D eigenvalue weighted by Gasteiger charge is -2.21. The number of hydrogen-bond donors (Lipinski definition) is 3. The Hall–Kier alpha value is -2.83. The van der Waals surface area contributed by atoms with Gasteiger partial charge in [0.1, 0.15) is 5.82 Å². The third kappa shape index (κ3) is 7.06. The Labute approximate surface area is 164 Å². The smallest absolute Gasteiger partial charge is 0.245 e. The van der Waals surface area contributed by atoms with E-state index < -0.39 is 12.3 Å². The quantitative estimate of drug-likeness (QED) is 0.353. The fourth-order valence-electron chi connectivity index (χ4n) is 2.63. The number of rotatable bonds is 9. The predicted octanol–water partition coefficient (Wildman–Crippen LogP) is 3.13. The molecular weight excluding hydrogens is 359 g/mol. The summed E-state index contributed by atoms with van der Waals surface area (Å²) in [5, 5.41) is 16.1. The van der Waals surface area contributed by atoms with Crippen molar-refractivity contribution in [2.24, 2.45) is 0 Å². The average molecular weight is 384 g/mol.